The van der Waals surface area contributed by atoms with E-state index in [0.717, 1.165) is 136 Å². The number of nitrogens with zero attached hydrogens (tertiary/aromatic N) is 2. The molecular formula is C54H64N6O6. The zero-order valence-electron chi connectivity index (χ0n) is 39.0. The topological polar surface area (TPSA) is 161 Å². The summed E-state index contributed by atoms with van der Waals surface area (Å²) in [5, 5.41) is 14.1. The van der Waals surface area contributed by atoms with Gasteiger partial charge in [0.1, 0.15) is 11.4 Å². The number of pyridine rings is 2. The first-order chi connectivity index (χ1) is 31.9. The Morgan fingerprint density at radius 3 is 1.26 bits per heavy atom. The second kappa shape index (κ2) is 17.3. The van der Waals surface area contributed by atoms with Crippen molar-refractivity contribution in [2.24, 2.45) is 10.8 Å². The number of carbonyl (C=O) groups is 4. The minimum Gasteiger partial charge on any atom is -0.469 e. The molecule has 12 heteroatoms. The van der Waals surface area contributed by atoms with Crippen LogP contribution in [0.2, 0.25) is 0 Å². The van der Waals surface area contributed by atoms with E-state index in [1.54, 1.807) is 0 Å². The summed E-state index contributed by atoms with van der Waals surface area (Å²) in [6, 6.07) is 15.8. The molecule has 0 saturated heterocycles. The second-order valence-electron chi connectivity index (χ2n) is 20.8. The number of esters is 2. The van der Waals surface area contributed by atoms with Gasteiger partial charge in [0.25, 0.3) is 11.8 Å². The van der Waals surface area contributed by atoms with Gasteiger partial charge in [-0.25, -0.2) is 0 Å². The molecule has 0 atom stereocenters. The summed E-state index contributed by atoms with van der Waals surface area (Å²) >= 11 is 0. The first kappa shape index (κ1) is 44.4. The Kier molecular flexibility index (Phi) is 11.6. The van der Waals surface area contributed by atoms with Crippen molar-refractivity contribution in [3.05, 3.63) is 106 Å². The zero-order chi connectivity index (χ0) is 45.8. The van der Waals surface area contributed by atoms with Gasteiger partial charge in [-0.1, -0.05) is 24.3 Å². The maximum atomic E-state index is 13.9. The molecule has 8 saturated carbocycles. The van der Waals surface area contributed by atoms with Crippen molar-refractivity contribution in [1.29, 1.82) is 0 Å². The predicted octanol–water partition coefficient (Wildman–Crippen LogP) is 9.73. The maximum Gasteiger partial charge on any atom is 0.311 e. The van der Waals surface area contributed by atoms with Gasteiger partial charge in [-0.3, -0.25) is 29.1 Å². The largest absolute Gasteiger partial charge is 0.469 e. The Bertz CT molecular complexity index is 2370. The van der Waals surface area contributed by atoms with Crippen molar-refractivity contribution in [1.82, 2.24) is 20.6 Å². The minimum atomic E-state index is -0.312. The molecule has 346 valence electrons. The molecule has 2 heterocycles. The van der Waals surface area contributed by atoms with Gasteiger partial charge in [-0.15, -0.1) is 0 Å². The Labute approximate surface area is 388 Å². The van der Waals surface area contributed by atoms with Crippen molar-refractivity contribution in [2.45, 2.75) is 153 Å². The summed E-state index contributed by atoms with van der Waals surface area (Å²) in [6.45, 7) is 5.40. The van der Waals surface area contributed by atoms with Gasteiger partial charge in [0.05, 0.1) is 25.0 Å². The van der Waals surface area contributed by atoms with E-state index in [1.165, 1.54) is 25.3 Å². The lowest BCUT2D eigenvalue weighted by molar-refractivity contribution is -0.161. The summed E-state index contributed by atoms with van der Waals surface area (Å²) < 4.78 is 10.3. The monoisotopic (exact) mass is 892 g/mol. The third-order valence-corrected chi connectivity index (χ3v) is 17.0. The highest BCUT2D eigenvalue weighted by Gasteiger charge is 2.54. The quantitative estimate of drug-likeness (QED) is 0.0847. The van der Waals surface area contributed by atoms with Crippen LogP contribution < -0.4 is 21.3 Å². The predicted molar refractivity (Wildman–Crippen MR) is 253 cm³/mol. The number of nitrogens with one attached hydrogen (secondary N) is 4. The highest BCUT2D eigenvalue weighted by atomic mass is 16.5. The normalized spacial score (nSPS) is 26.4. The highest BCUT2D eigenvalue weighted by Crippen LogP contribution is 2.54. The SMILES string of the molecule is COC(=O)C12CCC(NCc3cnc(C(=O)Nc4cccc(-c5cccc(NC(=O)c6cc(C7CC7)c(CNC78CCC(C(=O)OC)(CC7)CC8)cn6)c5C)c4C)cc3C3CC3)(CC1)CC2. The summed E-state index contributed by atoms with van der Waals surface area (Å²) in [4.78, 5) is 62.3. The number of rotatable bonds is 15. The smallest absolute Gasteiger partial charge is 0.311 e. The van der Waals surface area contributed by atoms with Gasteiger partial charge in [0.2, 0.25) is 0 Å². The van der Waals surface area contributed by atoms with Crippen molar-refractivity contribution in [2.75, 3.05) is 24.9 Å². The van der Waals surface area contributed by atoms with E-state index in [0.29, 0.717) is 47.7 Å². The zero-order valence-corrected chi connectivity index (χ0v) is 39.0. The van der Waals surface area contributed by atoms with Gasteiger partial charge in [-0.05, 0) is 197 Å². The fraction of sp³-hybridized carbons (Fsp3) is 0.519. The van der Waals surface area contributed by atoms with E-state index in [1.807, 2.05) is 74.8 Å². The maximum absolute atomic E-state index is 13.9. The molecule has 12 nitrogen and oxygen atoms in total. The van der Waals surface area contributed by atoms with Gasteiger partial charge in [0, 0.05) is 47.9 Å². The fourth-order valence-electron chi connectivity index (χ4n) is 12.1. The number of amides is 2. The highest BCUT2D eigenvalue weighted by molar-refractivity contribution is 6.05. The fourth-order valence-corrected chi connectivity index (χ4v) is 12.1. The molecule has 4 N–H and O–H groups in total. The molecular weight excluding hydrogens is 829 g/mol. The number of fused-ring (bicyclic) bond motifs is 6. The molecule has 0 spiro atoms. The van der Waals surface area contributed by atoms with Crippen molar-refractivity contribution in [3.63, 3.8) is 0 Å². The number of hydrogen-bond acceptors (Lipinski definition) is 10. The van der Waals surface area contributed by atoms with Crippen LogP contribution in [0.15, 0.2) is 60.9 Å². The molecule has 2 aromatic heterocycles. The lowest BCUT2D eigenvalue weighted by Gasteiger charge is -2.52. The molecule has 4 bridgehead atoms. The number of hydrogen-bond donors (Lipinski definition) is 4. The standard InChI is InChI=1S/C54H64N6O6/c1-33-39(7-5-9-43(33)59-47(61)45-27-41(35-11-12-35)37(29-55-45)31-57-53-21-15-51(16-22-53,17-23-53)49(63)65-3)40-8-6-10-44(34(40)2)60-48(62)46-28-42(36-13-14-36)38(30-56-46)32-58-54-24-18-52(19-25-54,20-26-54)50(64)66-4/h5-10,27-30,35-36,57-58H,11-26,31-32H2,1-4H3,(H,59,61)(H,60,62). The Morgan fingerprint density at radius 1 is 0.561 bits per heavy atom. The molecule has 66 heavy (non-hydrogen) atoms. The van der Waals surface area contributed by atoms with Gasteiger partial charge in [-0.2, -0.15) is 0 Å². The Hall–Kier alpha value is -5.46. The van der Waals surface area contributed by atoms with E-state index >= 15 is 0 Å². The van der Waals surface area contributed by atoms with Crippen LogP contribution in [0, 0.1) is 24.7 Å². The lowest BCUT2D eigenvalue weighted by Crippen LogP contribution is -2.56. The second-order valence-corrected chi connectivity index (χ2v) is 20.8. The van der Waals surface area contributed by atoms with Crippen LogP contribution in [0.4, 0.5) is 11.4 Å². The lowest BCUT2D eigenvalue weighted by atomic mass is 9.57. The Balaban J connectivity index is 0.794. The number of anilines is 2. The number of ether oxygens (including phenoxy) is 2. The number of benzene rings is 2. The number of methoxy groups -OCH3 is 2. The molecule has 0 unspecified atom stereocenters. The molecule has 12 rings (SSSR count). The van der Waals surface area contributed by atoms with Crippen LogP contribution in [-0.4, -0.2) is 59.0 Å². The van der Waals surface area contributed by atoms with Gasteiger partial charge < -0.3 is 30.7 Å². The van der Waals surface area contributed by atoms with E-state index in [2.05, 4.69) is 21.3 Å². The van der Waals surface area contributed by atoms with Crippen molar-refractivity contribution < 1.29 is 28.7 Å². The van der Waals surface area contributed by atoms with Crippen LogP contribution in [0.3, 0.4) is 0 Å². The number of carbonyl (C=O) groups excluding carboxylic acids is 4. The first-order valence-corrected chi connectivity index (χ1v) is 24.3. The van der Waals surface area contributed by atoms with Crippen LogP contribution in [0.25, 0.3) is 11.1 Å². The van der Waals surface area contributed by atoms with Crippen molar-refractivity contribution >= 4 is 35.1 Å². The van der Waals surface area contributed by atoms with E-state index in [-0.39, 0.29) is 45.7 Å². The summed E-state index contributed by atoms with van der Waals surface area (Å²) in [5.74, 6) is 0.259. The molecule has 4 aromatic rings. The molecule has 2 aromatic carbocycles. The van der Waals surface area contributed by atoms with Gasteiger partial charge in [0.15, 0.2) is 0 Å². The molecule has 2 amide bonds. The van der Waals surface area contributed by atoms with Gasteiger partial charge >= 0.3 is 11.9 Å². The van der Waals surface area contributed by atoms with E-state index in [9.17, 15) is 19.2 Å². The third kappa shape index (κ3) is 8.33. The van der Waals surface area contributed by atoms with Crippen LogP contribution in [-0.2, 0) is 32.2 Å². The molecule has 8 fully saturated rings. The summed E-state index contributed by atoms with van der Waals surface area (Å²) in [6.07, 6.45) is 19.1. The average Bonchev–Trinajstić information content (AvgIpc) is 4.31. The van der Waals surface area contributed by atoms with E-state index in [4.69, 9.17) is 19.4 Å². The van der Waals surface area contributed by atoms with Crippen molar-refractivity contribution in [3.8, 4) is 11.1 Å². The molecule has 8 aliphatic rings. The van der Waals surface area contributed by atoms with Crippen LogP contribution >= 0.6 is 0 Å². The first-order valence-electron chi connectivity index (χ1n) is 24.3. The minimum absolute atomic E-state index is 0.0237. The average molecular weight is 893 g/mol. The van der Waals surface area contributed by atoms with Crippen LogP contribution in [0.1, 0.15) is 169 Å². The third-order valence-electron chi connectivity index (χ3n) is 17.0. The molecule has 8 aliphatic carbocycles. The summed E-state index contributed by atoms with van der Waals surface area (Å²) in [7, 11) is 3.00. The molecule has 0 aliphatic heterocycles. The summed E-state index contributed by atoms with van der Waals surface area (Å²) in [5.41, 5.74) is 10.1. The Morgan fingerprint density at radius 2 is 0.924 bits per heavy atom. The van der Waals surface area contributed by atoms with E-state index < -0.39 is 0 Å². The number of aromatic nitrogens is 2. The molecule has 0 radical (unpaired) electrons. The van der Waals surface area contributed by atoms with Crippen LogP contribution in [0.5, 0.6) is 0 Å².